The van der Waals surface area contributed by atoms with E-state index in [9.17, 15) is 9.59 Å². The number of carbonyl (C=O) groups excluding carboxylic acids is 2. The van der Waals surface area contributed by atoms with Gasteiger partial charge in [0.2, 0.25) is 0 Å². The average molecular weight is 411 g/mol. The van der Waals surface area contributed by atoms with Gasteiger partial charge in [0.15, 0.2) is 18.1 Å². The minimum atomic E-state index is -0.0949. The van der Waals surface area contributed by atoms with Gasteiger partial charge < -0.3 is 19.3 Å². The first-order valence-corrected chi connectivity index (χ1v) is 10.2. The number of nitrogens with zero attached hydrogens (tertiary/aromatic N) is 2. The Morgan fingerprint density at radius 1 is 0.867 bits per heavy atom. The van der Waals surface area contributed by atoms with Crippen LogP contribution in [0.5, 0.6) is 11.5 Å². The van der Waals surface area contributed by atoms with Crippen LogP contribution in [0.4, 0.5) is 0 Å². The van der Waals surface area contributed by atoms with Gasteiger partial charge in [0.1, 0.15) is 0 Å². The molecule has 2 aromatic rings. The number of amides is 2. The first kappa shape index (κ1) is 21.7. The van der Waals surface area contributed by atoms with Crippen LogP contribution in [-0.2, 0) is 10.2 Å². The number of piperazine rings is 1. The average Bonchev–Trinajstić information content (AvgIpc) is 2.76. The van der Waals surface area contributed by atoms with E-state index < -0.39 is 0 Å². The van der Waals surface area contributed by atoms with Crippen LogP contribution in [0.25, 0.3) is 0 Å². The number of hydrogen-bond donors (Lipinski definition) is 0. The third kappa shape index (κ3) is 5.12. The van der Waals surface area contributed by atoms with Gasteiger partial charge in [-0.25, -0.2) is 0 Å². The summed E-state index contributed by atoms with van der Waals surface area (Å²) in [7, 11) is 1.57. The topological polar surface area (TPSA) is 59.1 Å². The molecule has 3 rings (SSSR count). The summed E-state index contributed by atoms with van der Waals surface area (Å²) in [5.74, 6) is 1.05. The van der Waals surface area contributed by atoms with Gasteiger partial charge >= 0.3 is 0 Å². The summed E-state index contributed by atoms with van der Waals surface area (Å²) < 4.78 is 10.9. The van der Waals surface area contributed by atoms with E-state index in [1.54, 1.807) is 29.0 Å². The molecule has 1 fully saturated rings. The zero-order valence-electron chi connectivity index (χ0n) is 18.2. The van der Waals surface area contributed by atoms with Gasteiger partial charge in [-0.3, -0.25) is 9.59 Å². The molecule has 0 spiro atoms. The van der Waals surface area contributed by atoms with Crippen LogP contribution in [0.2, 0.25) is 0 Å². The van der Waals surface area contributed by atoms with Crippen molar-refractivity contribution >= 4 is 11.8 Å². The Kier molecular flexibility index (Phi) is 6.65. The number of para-hydroxylation sites is 2. The molecule has 1 aliphatic rings. The van der Waals surface area contributed by atoms with Crippen molar-refractivity contribution in [1.29, 1.82) is 0 Å². The van der Waals surface area contributed by atoms with Gasteiger partial charge in [0, 0.05) is 31.7 Å². The molecule has 6 heteroatoms. The van der Waals surface area contributed by atoms with E-state index in [1.807, 2.05) is 36.4 Å². The third-order valence-electron chi connectivity index (χ3n) is 5.34. The molecule has 1 heterocycles. The number of carbonyl (C=O) groups is 2. The number of ether oxygens (including phenoxy) is 2. The van der Waals surface area contributed by atoms with E-state index in [0.717, 1.165) is 0 Å². The van der Waals surface area contributed by atoms with Crippen LogP contribution in [0, 0.1) is 0 Å². The number of benzene rings is 2. The van der Waals surface area contributed by atoms with Crippen molar-refractivity contribution in [2.24, 2.45) is 0 Å². The first-order chi connectivity index (χ1) is 14.3. The Labute approximate surface area is 178 Å². The molecule has 30 heavy (non-hydrogen) atoms. The Morgan fingerprint density at radius 3 is 2.00 bits per heavy atom. The Hall–Kier alpha value is -3.02. The summed E-state index contributed by atoms with van der Waals surface area (Å²) in [6.45, 7) is 8.43. The molecule has 0 bridgehead atoms. The molecule has 0 atom stereocenters. The van der Waals surface area contributed by atoms with E-state index in [2.05, 4.69) is 20.8 Å². The molecule has 1 saturated heterocycles. The minimum Gasteiger partial charge on any atom is -0.493 e. The summed E-state index contributed by atoms with van der Waals surface area (Å²) in [6, 6.07) is 15.1. The van der Waals surface area contributed by atoms with Crippen LogP contribution >= 0.6 is 0 Å². The smallest absolute Gasteiger partial charge is 0.260 e. The van der Waals surface area contributed by atoms with Gasteiger partial charge in [-0.15, -0.1) is 0 Å². The van der Waals surface area contributed by atoms with Crippen molar-refractivity contribution in [3.8, 4) is 11.5 Å². The molecule has 0 unspecified atom stereocenters. The molecule has 0 aromatic heterocycles. The summed E-state index contributed by atoms with van der Waals surface area (Å²) >= 11 is 0. The van der Waals surface area contributed by atoms with Gasteiger partial charge in [0.25, 0.3) is 11.8 Å². The molecule has 2 amide bonds. The zero-order chi connectivity index (χ0) is 21.7. The normalized spacial score (nSPS) is 14.4. The van der Waals surface area contributed by atoms with E-state index in [1.165, 1.54) is 5.56 Å². The molecule has 0 aliphatic carbocycles. The Balaban J connectivity index is 1.51. The predicted octanol–water partition coefficient (Wildman–Crippen LogP) is 3.36. The van der Waals surface area contributed by atoms with Crippen molar-refractivity contribution in [3.05, 3.63) is 59.7 Å². The summed E-state index contributed by atoms with van der Waals surface area (Å²) in [4.78, 5) is 28.8. The molecule has 0 saturated carbocycles. The van der Waals surface area contributed by atoms with Crippen LogP contribution < -0.4 is 9.47 Å². The summed E-state index contributed by atoms with van der Waals surface area (Å²) in [6.07, 6.45) is 0. The van der Waals surface area contributed by atoms with Crippen molar-refractivity contribution in [2.45, 2.75) is 26.2 Å². The highest BCUT2D eigenvalue weighted by Crippen LogP contribution is 2.26. The SMILES string of the molecule is COc1ccccc1OCC(=O)N1CCN(C(=O)c2ccc(C(C)(C)C)cc2)CC1. The van der Waals surface area contributed by atoms with Gasteiger partial charge in [-0.2, -0.15) is 0 Å². The van der Waals surface area contributed by atoms with Crippen molar-refractivity contribution in [3.63, 3.8) is 0 Å². The second-order valence-corrected chi connectivity index (χ2v) is 8.44. The maximum absolute atomic E-state index is 12.8. The van der Waals surface area contributed by atoms with Crippen LogP contribution in [0.1, 0.15) is 36.7 Å². The van der Waals surface area contributed by atoms with Crippen molar-refractivity contribution < 1.29 is 19.1 Å². The number of hydrogen-bond acceptors (Lipinski definition) is 4. The molecule has 6 nitrogen and oxygen atoms in total. The molecule has 0 radical (unpaired) electrons. The van der Waals surface area contributed by atoms with Gasteiger partial charge in [0.05, 0.1) is 7.11 Å². The maximum atomic E-state index is 12.8. The summed E-state index contributed by atoms with van der Waals surface area (Å²) in [5, 5.41) is 0. The van der Waals surface area contributed by atoms with E-state index in [4.69, 9.17) is 9.47 Å². The van der Waals surface area contributed by atoms with Crippen LogP contribution in [0.15, 0.2) is 48.5 Å². The van der Waals surface area contributed by atoms with Gasteiger partial charge in [-0.1, -0.05) is 45.0 Å². The lowest BCUT2D eigenvalue weighted by atomic mass is 9.86. The second kappa shape index (κ2) is 9.20. The van der Waals surface area contributed by atoms with E-state index >= 15 is 0 Å². The zero-order valence-corrected chi connectivity index (χ0v) is 18.2. The fourth-order valence-corrected chi connectivity index (χ4v) is 3.42. The monoisotopic (exact) mass is 410 g/mol. The molecule has 1 aliphatic heterocycles. The fourth-order valence-electron chi connectivity index (χ4n) is 3.42. The number of methoxy groups -OCH3 is 1. The second-order valence-electron chi connectivity index (χ2n) is 8.44. The van der Waals surface area contributed by atoms with Crippen molar-refractivity contribution in [1.82, 2.24) is 9.80 Å². The third-order valence-corrected chi connectivity index (χ3v) is 5.34. The van der Waals surface area contributed by atoms with Crippen LogP contribution in [-0.4, -0.2) is 61.5 Å². The van der Waals surface area contributed by atoms with Gasteiger partial charge in [-0.05, 0) is 35.2 Å². The minimum absolute atomic E-state index is 0.00725. The van der Waals surface area contributed by atoms with Crippen molar-refractivity contribution in [2.75, 3.05) is 39.9 Å². The molecule has 0 N–H and O–H groups in total. The quantitative estimate of drug-likeness (QED) is 0.759. The molecular formula is C24H30N2O4. The predicted molar refractivity (Wildman–Crippen MR) is 116 cm³/mol. The highest BCUT2D eigenvalue weighted by molar-refractivity contribution is 5.94. The number of rotatable bonds is 5. The maximum Gasteiger partial charge on any atom is 0.260 e. The standard InChI is InChI=1S/C24H30N2O4/c1-24(2,3)19-11-9-18(10-12-19)23(28)26-15-13-25(14-16-26)22(27)17-30-21-8-6-5-7-20(21)29-4/h5-12H,13-17H2,1-4H3. The summed E-state index contributed by atoms with van der Waals surface area (Å²) in [5.41, 5.74) is 1.94. The molecular weight excluding hydrogens is 380 g/mol. The van der Waals surface area contributed by atoms with E-state index in [-0.39, 0.29) is 23.8 Å². The van der Waals surface area contributed by atoms with E-state index in [0.29, 0.717) is 43.2 Å². The fraction of sp³-hybridized carbons (Fsp3) is 0.417. The lowest BCUT2D eigenvalue weighted by molar-refractivity contribution is -0.134. The largest absolute Gasteiger partial charge is 0.493 e. The lowest BCUT2D eigenvalue weighted by Crippen LogP contribution is -2.51. The highest BCUT2D eigenvalue weighted by atomic mass is 16.5. The van der Waals surface area contributed by atoms with Crippen LogP contribution in [0.3, 0.4) is 0 Å². The lowest BCUT2D eigenvalue weighted by Gasteiger charge is -2.34. The Bertz CT molecular complexity index is 879. The first-order valence-electron chi connectivity index (χ1n) is 10.2. The highest BCUT2D eigenvalue weighted by Gasteiger charge is 2.25. The molecule has 2 aromatic carbocycles. The Morgan fingerprint density at radius 2 is 1.43 bits per heavy atom. The molecule has 160 valence electrons.